The lowest BCUT2D eigenvalue weighted by molar-refractivity contribution is -0.704. The molecule has 0 radical (unpaired) electrons. The average Bonchev–Trinajstić information content (AvgIpc) is 2.60. The van der Waals surface area contributed by atoms with Gasteiger partial charge in [-0.25, -0.2) is 4.79 Å². The van der Waals surface area contributed by atoms with Gasteiger partial charge in [-0.3, -0.25) is 0 Å². The number of phenolic OH excluding ortho intramolecular Hbond substituents is 1. The van der Waals surface area contributed by atoms with E-state index in [0.29, 0.717) is 17.6 Å². The molecule has 26 heavy (non-hydrogen) atoms. The predicted octanol–water partition coefficient (Wildman–Crippen LogP) is 1.07. The molecule has 6 nitrogen and oxygen atoms in total. The summed E-state index contributed by atoms with van der Waals surface area (Å²) in [6.45, 7) is 6.03. The number of hydrogen-bond acceptors (Lipinski definition) is 5. The second-order valence-electron chi connectivity index (χ2n) is 6.80. The lowest BCUT2D eigenvalue weighted by Crippen LogP contribution is -2.93. The Labute approximate surface area is 152 Å². The van der Waals surface area contributed by atoms with E-state index in [4.69, 9.17) is 4.42 Å². The van der Waals surface area contributed by atoms with Crippen molar-refractivity contribution in [3.8, 4) is 5.75 Å². The quantitative estimate of drug-likeness (QED) is 0.650. The lowest BCUT2D eigenvalue weighted by Gasteiger charge is -2.22. The van der Waals surface area contributed by atoms with E-state index in [-0.39, 0.29) is 18.2 Å². The zero-order chi connectivity index (χ0) is 19.3. The maximum absolute atomic E-state index is 12.0. The topological polar surface area (TPSA) is 107 Å². The van der Waals surface area contributed by atoms with Gasteiger partial charge < -0.3 is 24.7 Å². The van der Waals surface area contributed by atoms with Crippen LogP contribution in [0.2, 0.25) is 0 Å². The Kier molecular flexibility index (Phi) is 6.80. The maximum atomic E-state index is 12.0. The number of quaternary nitrogens is 1. The summed E-state index contributed by atoms with van der Waals surface area (Å²) < 4.78 is 5.38. The fourth-order valence-corrected chi connectivity index (χ4v) is 3.17. The molecule has 0 amide bonds. The van der Waals surface area contributed by atoms with Crippen LogP contribution in [0.25, 0.3) is 11.0 Å². The minimum Gasteiger partial charge on any atom is -0.544 e. The van der Waals surface area contributed by atoms with Crippen LogP contribution in [0.3, 0.4) is 0 Å². The number of carbonyl (C=O) groups excluding carboxylic acids is 1. The van der Waals surface area contributed by atoms with Crippen molar-refractivity contribution in [2.75, 3.05) is 0 Å². The second-order valence-corrected chi connectivity index (χ2v) is 6.80. The number of carbonyl (C=O) groups is 1. The Morgan fingerprint density at radius 3 is 2.69 bits per heavy atom. The summed E-state index contributed by atoms with van der Waals surface area (Å²) in [5.74, 6) is -1.22. The summed E-state index contributed by atoms with van der Waals surface area (Å²) >= 11 is 0. The number of unbranched alkanes of at least 4 members (excludes halogenated alkanes) is 1. The van der Waals surface area contributed by atoms with E-state index < -0.39 is 17.6 Å². The predicted molar refractivity (Wildman–Crippen MR) is 96.6 cm³/mol. The summed E-state index contributed by atoms with van der Waals surface area (Å²) in [7, 11) is 0. The summed E-state index contributed by atoms with van der Waals surface area (Å²) in [6.07, 6.45) is 3.40. The van der Waals surface area contributed by atoms with Gasteiger partial charge in [-0.15, -0.1) is 0 Å². The standard InChI is InChI=1S/C20H27NO5/c1-4-6-7-13-10-17(23)26-19-14(13)8-9-16(22)15(19)11-21-18(20(24)25)12(3)5-2/h8-10,12,18,21-22H,4-7,11H2,1-3H3,(H,24,25)/t12-,18-/m1/s1. The first-order chi connectivity index (χ1) is 12.4. The van der Waals surface area contributed by atoms with E-state index in [9.17, 15) is 19.8 Å². The van der Waals surface area contributed by atoms with E-state index >= 15 is 0 Å². The van der Waals surface area contributed by atoms with Gasteiger partial charge in [0.15, 0.2) is 5.58 Å². The molecular formula is C20H27NO5. The number of aryl methyl sites for hydroxylation is 1. The molecule has 1 aromatic carbocycles. The van der Waals surface area contributed by atoms with Crippen LogP contribution >= 0.6 is 0 Å². The van der Waals surface area contributed by atoms with E-state index in [1.165, 1.54) is 6.07 Å². The van der Waals surface area contributed by atoms with E-state index in [0.717, 1.165) is 30.2 Å². The minimum atomic E-state index is -1.14. The fourth-order valence-electron chi connectivity index (χ4n) is 3.17. The Bertz CT molecular complexity index is 827. The number of aliphatic carboxylic acids is 1. The Balaban J connectivity index is 2.43. The van der Waals surface area contributed by atoms with Crippen molar-refractivity contribution in [1.82, 2.24) is 0 Å². The van der Waals surface area contributed by atoms with Crippen LogP contribution in [0.4, 0.5) is 0 Å². The molecule has 0 saturated heterocycles. The third kappa shape index (κ3) is 4.43. The molecule has 0 bridgehead atoms. The highest BCUT2D eigenvalue weighted by Gasteiger charge is 2.22. The van der Waals surface area contributed by atoms with Crippen LogP contribution in [-0.4, -0.2) is 17.1 Å². The number of nitrogens with two attached hydrogens (primary N) is 1. The van der Waals surface area contributed by atoms with Gasteiger partial charge in [-0.05, 0) is 37.0 Å². The molecule has 0 fully saturated rings. The second kappa shape index (κ2) is 8.85. The minimum absolute atomic E-state index is 0.00853. The Morgan fingerprint density at radius 2 is 2.08 bits per heavy atom. The van der Waals surface area contributed by atoms with Crippen molar-refractivity contribution < 1.29 is 24.7 Å². The molecular weight excluding hydrogens is 334 g/mol. The molecule has 0 aliphatic rings. The molecule has 2 aromatic rings. The van der Waals surface area contributed by atoms with Gasteiger partial charge in [0, 0.05) is 17.4 Å². The van der Waals surface area contributed by atoms with Crippen molar-refractivity contribution in [3.63, 3.8) is 0 Å². The first-order valence-electron chi connectivity index (χ1n) is 9.20. The SMILES string of the molecule is CCCCc1cc(=O)oc2c(C[NH2+][C@@H](C(=O)[O-])[C@H](C)CC)c(O)ccc12. The molecule has 0 aliphatic heterocycles. The van der Waals surface area contributed by atoms with Crippen LogP contribution < -0.4 is 16.0 Å². The van der Waals surface area contributed by atoms with E-state index in [1.807, 2.05) is 13.8 Å². The summed E-state index contributed by atoms with van der Waals surface area (Å²) in [6, 6.07) is 4.07. The molecule has 2 atom stereocenters. The van der Waals surface area contributed by atoms with Gasteiger partial charge in [0.25, 0.3) is 0 Å². The number of rotatable bonds is 9. The Hall–Kier alpha value is -2.34. The van der Waals surface area contributed by atoms with Crippen LogP contribution in [0.1, 0.15) is 51.2 Å². The summed E-state index contributed by atoms with van der Waals surface area (Å²) in [5, 5.41) is 24.1. The highest BCUT2D eigenvalue weighted by molar-refractivity contribution is 5.85. The molecule has 1 heterocycles. The molecule has 6 heteroatoms. The smallest absolute Gasteiger partial charge is 0.336 e. The highest BCUT2D eigenvalue weighted by atomic mass is 16.4. The largest absolute Gasteiger partial charge is 0.544 e. The number of carboxylic acids is 1. The number of hydrogen-bond donors (Lipinski definition) is 2. The number of benzene rings is 1. The summed E-state index contributed by atoms with van der Waals surface area (Å²) in [5.41, 5.74) is 1.19. The number of carboxylic acid groups (broad SMARTS) is 1. The zero-order valence-electron chi connectivity index (χ0n) is 15.6. The van der Waals surface area contributed by atoms with Crippen molar-refractivity contribution in [3.05, 3.63) is 39.7 Å². The lowest BCUT2D eigenvalue weighted by atomic mass is 9.98. The monoisotopic (exact) mass is 361 g/mol. The third-order valence-electron chi connectivity index (χ3n) is 4.98. The number of phenols is 1. The maximum Gasteiger partial charge on any atom is 0.336 e. The van der Waals surface area contributed by atoms with Crippen LogP contribution in [0.5, 0.6) is 5.75 Å². The van der Waals surface area contributed by atoms with Gasteiger partial charge in [0.05, 0.1) is 11.5 Å². The van der Waals surface area contributed by atoms with E-state index in [2.05, 4.69) is 6.92 Å². The molecule has 0 saturated carbocycles. The van der Waals surface area contributed by atoms with Crippen LogP contribution in [-0.2, 0) is 17.8 Å². The number of aromatic hydroxyl groups is 1. The molecule has 0 spiro atoms. The van der Waals surface area contributed by atoms with Crippen molar-refractivity contribution in [2.45, 2.75) is 59.0 Å². The van der Waals surface area contributed by atoms with Gasteiger partial charge in [-0.2, -0.15) is 0 Å². The molecule has 1 aromatic heterocycles. The molecule has 0 aliphatic carbocycles. The van der Waals surface area contributed by atoms with Gasteiger partial charge in [0.1, 0.15) is 18.3 Å². The van der Waals surface area contributed by atoms with Gasteiger partial charge in [-0.1, -0.05) is 27.2 Å². The van der Waals surface area contributed by atoms with Gasteiger partial charge in [0.2, 0.25) is 0 Å². The fraction of sp³-hybridized carbons (Fsp3) is 0.500. The average molecular weight is 361 g/mol. The normalized spacial score (nSPS) is 13.7. The molecule has 2 rings (SSSR count). The zero-order valence-corrected chi connectivity index (χ0v) is 15.6. The third-order valence-corrected chi connectivity index (χ3v) is 4.98. The molecule has 0 unspecified atom stereocenters. The first kappa shape index (κ1) is 20.0. The molecule has 3 N–H and O–H groups in total. The van der Waals surface area contributed by atoms with Crippen LogP contribution in [0.15, 0.2) is 27.4 Å². The Morgan fingerprint density at radius 1 is 1.35 bits per heavy atom. The summed E-state index contributed by atoms with van der Waals surface area (Å²) in [4.78, 5) is 23.4. The van der Waals surface area contributed by atoms with Crippen LogP contribution in [0, 0.1) is 5.92 Å². The van der Waals surface area contributed by atoms with Crippen molar-refractivity contribution >= 4 is 16.9 Å². The first-order valence-corrected chi connectivity index (χ1v) is 9.20. The van der Waals surface area contributed by atoms with Crippen molar-refractivity contribution in [2.24, 2.45) is 5.92 Å². The van der Waals surface area contributed by atoms with E-state index in [1.54, 1.807) is 17.4 Å². The molecule has 142 valence electrons. The van der Waals surface area contributed by atoms with Crippen molar-refractivity contribution in [1.29, 1.82) is 0 Å². The van der Waals surface area contributed by atoms with Gasteiger partial charge >= 0.3 is 5.63 Å². The number of fused-ring (bicyclic) bond motifs is 1. The highest BCUT2D eigenvalue weighted by Crippen LogP contribution is 2.28.